The summed E-state index contributed by atoms with van der Waals surface area (Å²) in [5, 5.41) is 8.91. The summed E-state index contributed by atoms with van der Waals surface area (Å²) in [5.41, 5.74) is 1.23. The lowest BCUT2D eigenvalue weighted by atomic mass is 9.95. The Labute approximate surface area is 221 Å². The fourth-order valence-electron chi connectivity index (χ4n) is 5.42. The molecule has 0 bridgehead atoms. The van der Waals surface area contributed by atoms with E-state index in [1.54, 1.807) is 0 Å². The molecule has 0 aliphatic rings. The Hall–Kier alpha value is -4.82. The van der Waals surface area contributed by atoms with Gasteiger partial charge in [-0.15, -0.1) is 0 Å². The molecule has 2 heteroatoms. The van der Waals surface area contributed by atoms with Gasteiger partial charge in [0.15, 0.2) is 0 Å². The van der Waals surface area contributed by atoms with Gasteiger partial charge < -0.3 is 9.47 Å². The van der Waals surface area contributed by atoms with Crippen molar-refractivity contribution in [1.29, 1.82) is 0 Å². The summed E-state index contributed by atoms with van der Waals surface area (Å²) in [6.07, 6.45) is 0.888. The van der Waals surface area contributed by atoms with Crippen LogP contribution in [0.4, 0.5) is 0 Å². The SMILES string of the molecule is CCc1cccc2c(Oc3ccc4ccccc4c3)c3ccccc3c(Oc3ccc4ccccc4c3)c12. The van der Waals surface area contributed by atoms with Crippen molar-refractivity contribution < 1.29 is 9.47 Å². The van der Waals surface area contributed by atoms with E-state index in [0.717, 1.165) is 61.7 Å². The average molecular weight is 491 g/mol. The fourth-order valence-corrected chi connectivity index (χ4v) is 5.42. The third-order valence-corrected chi connectivity index (χ3v) is 7.30. The first-order valence-corrected chi connectivity index (χ1v) is 13.1. The molecule has 0 fully saturated rings. The van der Waals surface area contributed by atoms with Crippen LogP contribution in [-0.4, -0.2) is 0 Å². The fraction of sp³-hybridized carbons (Fsp3) is 0.0556. The van der Waals surface area contributed by atoms with Crippen LogP contribution in [0.25, 0.3) is 43.1 Å². The largest absolute Gasteiger partial charge is 0.456 e. The van der Waals surface area contributed by atoms with Gasteiger partial charge in [0.2, 0.25) is 0 Å². The molecule has 0 heterocycles. The van der Waals surface area contributed by atoms with E-state index in [-0.39, 0.29) is 0 Å². The molecule has 0 aliphatic carbocycles. The minimum atomic E-state index is 0.820. The Morgan fingerprint density at radius 3 is 1.55 bits per heavy atom. The molecule has 7 aromatic rings. The zero-order valence-electron chi connectivity index (χ0n) is 21.1. The van der Waals surface area contributed by atoms with Gasteiger partial charge >= 0.3 is 0 Å². The van der Waals surface area contributed by atoms with Gasteiger partial charge in [0, 0.05) is 21.5 Å². The van der Waals surface area contributed by atoms with Gasteiger partial charge in [0.05, 0.1) is 0 Å². The van der Waals surface area contributed by atoms with Crippen LogP contribution in [0.5, 0.6) is 23.0 Å². The first-order valence-electron chi connectivity index (χ1n) is 13.1. The Morgan fingerprint density at radius 1 is 0.447 bits per heavy atom. The maximum atomic E-state index is 6.76. The smallest absolute Gasteiger partial charge is 0.143 e. The number of fused-ring (bicyclic) bond motifs is 4. The van der Waals surface area contributed by atoms with Crippen molar-refractivity contribution >= 4 is 43.1 Å². The number of ether oxygens (including phenoxy) is 2. The Balaban J connectivity index is 1.45. The van der Waals surface area contributed by atoms with Crippen molar-refractivity contribution in [3.63, 3.8) is 0 Å². The van der Waals surface area contributed by atoms with Gasteiger partial charge in [-0.1, -0.05) is 110 Å². The zero-order chi connectivity index (χ0) is 25.5. The van der Waals surface area contributed by atoms with Crippen LogP contribution < -0.4 is 9.47 Å². The summed E-state index contributed by atoms with van der Waals surface area (Å²) < 4.78 is 13.5. The molecule has 182 valence electrons. The second kappa shape index (κ2) is 9.24. The van der Waals surface area contributed by atoms with E-state index in [0.29, 0.717) is 0 Å². The van der Waals surface area contributed by atoms with Crippen molar-refractivity contribution in [2.24, 2.45) is 0 Å². The Kier molecular flexibility index (Phi) is 5.44. The van der Waals surface area contributed by atoms with Crippen LogP contribution in [0.1, 0.15) is 12.5 Å². The first kappa shape index (κ1) is 22.4. The normalized spacial score (nSPS) is 11.4. The lowest BCUT2D eigenvalue weighted by Crippen LogP contribution is -1.96. The highest BCUT2D eigenvalue weighted by atomic mass is 16.5. The predicted molar refractivity (Wildman–Crippen MR) is 159 cm³/mol. The van der Waals surface area contributed by atoms with E-state index < -0.39 is 0 Å². The summed E-state index contributed by atoms with van der Waals surface area (Å²) in [4.78, 5) is 0. The molecule has 0 saturated carbocycles. The molecular weight excluding hydrogens is 464 g/mol. The minimum Gasteiger partial charge on any atom is -0.456 e. The Bertz CT molecular complexity index is 1970. The summed E-state index contributed by atoms with van der Waals surface area (Å²) in [6.45, 7) is 2.19. The van der Waals surface area contributed by atoms with E-state index in [9.17, 15) is 0 Å². The van der Waals surface area contributed by atoms with E-state index in [1.807, 2.05) is 6.07 Å². The van der Waals surface area contributed by atoms with E-state index >= 15 is 0 Å². The van der Waals surface area contributed by atoms with Crippen molar-refractivity contribution in [1.82, 2.24) is 0 Å². The van der Waals surface area contributed by atoms with E-state index in [1.165, 1.54) is 16.3 Å². The molecule has 0 aromatic heterocycles. The summed E-state index contributed by atoms with van der Waals surface area (Å²) in [6, 6.07) is 44.1. The van der Waals surface area contributed by atoms with Crippen LogP contribution in [0.2, 0.25) is 0 Å². The highest BCUT2D eigenvalue weighted by Gasteiger charge is 2.19. The monoisotopic (exact) mass is 490 g/mol. The van der Waals surface area contributed by atoms with Crippen molar-refractivity contribution in [3.05, 3.63) is 133 Å². The molecule has 7 rings (SSSR count). The lowest BCUT2D eigenvalue weighted by molar-refractivity contribution is 0.486. The molecule has 0 atom stereocenters. The maximum absolute atomic E-state index is 6.76. The number of aryl methyl sites for hydroxylation is 1. The van der Waals surface area contributed by atoms with E-state index in [4.69, 9.17) is 9.47 Å². The third-order valence-electron chi connectivity index (χ3n) is 7.30. The number of hydrogen-bond acceptors (Lipinski definition) is 2. The third kappa shape index (κ3) is 3.82. The van der Waals surface area contributed by atoms with Gasteiger partial charge in [0.25, 0.3) is 0 Å². The van der Waals surface area contributed by atoms with Crippen LogP contribution >= 0.6 is 0 Å². The van der Waals surface area contributed by atoms with Crippen LogP contribution in [0.3, 0.4) is 0 Å². The highest BCUT2D eigenvalue weighted by molar-refractivity contribution is 6.12. The average Bonchev–Trinajstić information content (AvgIpc) is 2.98. The van der Waals surface area contributed by atoms with Gasteiger partial charge in [-0.3, -0.25) is 0 Å². The predicted octanol–water partition coefficient (Wildman–Crippen LogP) is 10.4. The molecule has 0 unspecified atom stereocenters. The molecule has 2 nitrogen and oxygen atoms in total. The molecule has 38 heavy (non-hydrogen) atoms. The first-order chi connectivity index (χ1) is 18.8. The second-order valence-corrected chi connectivity index (χ2v) is 9.62. The summed E-state index contributed by atoms with van der Waals surface area (Å²) in [7, 11) is 0. The quantitative estimate of drug-likeness (QED) is 0.223. The molecule has 0 radical (unpaired) electrons. The topological polar surface area (TPSA) is 18.5 Å². The molecule has 0 amide bonds. The van der Waals surface area contributed by atoms with Gasteiger partial charge in [-0.2, -0.15) is 0 Å². The second-order valence-electron chi connectivity index (χ2n) is 9.62. The van der Waals surface area contributed by atoms with Crippen molar-refractivity contribution in [2.75, 3.05) is 0 Å². The van der Waals surface area contributed by atoms with Crippen LogP contribution in [-0.2, 0) is 6.42 Å². The number of hydrogen-bond donors (Lipinski definition) is 0. The molecule has 0 N–H and O–H groups in total. The molecule has 7 aromatic carbocycles. The highest BCUT2D eigenvalue weighted by Crippen LogP contribution is 2.47. The summed E-state index contributed by atoms with van der Waals surface area (Å²) >= 11 is 0. The van der Waals surface area contributed by atoms with Crippen molar-refractivity contribution in [3.8, 4) is 23.0 Å². The standard InChI is InChI=1S/C36H26O2/c1-2-24-14-9-17-33-34(24)36(38-30-21-19-26-11-4-6-13-28(26)23-30)32-16-8-7-15-31(32)35(33)37-29-20-18-25-10-3-5-12-27(25)22-29/h3-23H,2H2,1H3. The van der Waals surface area contributed by atoms with E-state index in [2.05, 4.69) is 128 Å². The summed E-state index contributed by atoms with van der Waals surface area (Å²) in [5.74, 6) is 3.37. The molecule has 0 spiro atoms. The molecular formula is C36H26O2. The van der Waals surface area contributed by atoms with Gasteiger partial charge in [-0.25, -0.2) is 0 Å². The number of rotatable bonds is 5. The van der Waals surface area contributed by atoms with Gasteiger partial charge in [-0.05, 0) is 57.8 Å². The van der Waals surface area contributed by atoms with Crippen LogP contribution in [0, 0.1) is 0 Å². The van der Waals surface area contributed by atoms with Crippen molar-refractivity contribution in [2.45, 2.75) is 13.3 Å². The maximum Gasteiger partial charge on any atom is 0.143 e. The molecule has 0 aliphatic heterocycles. The number of benzene rings is 7. The molecule has 0 saturated heterocycles. The minimum absolute atomic E-state index is 0.820. The Morgan fingerprint density at radius 2 is 0.947 bits per heavy atom. The zero-order valence-corrected chi connectivity index (χ0v) is 21.1. The lowest BCUT2D eigenvalue weighted by Gasteiger charge is -2.20. The van der Waals surface area contributed by atoms with Gasteiger partial charge in [0.1, 0.15) is 23.0 Å². The van der Waals surface area contributed by atoms with Crippen LogP contribution in [0.15, 0.2) is 127 Å².